The molecule has 2 N–H and O–H groups in total. The molecule has 0 aliphatic heterocycles. The first-order valence-electron chi connectivity index (χ1n) is 8.57. The van der Waals surface area contributed by atoms with Crippen molar-refractivity contribution < 1.29 is 18.3 Å². The Labute approximate surface area is 155 Å². The predicted molar refractivity (Wildman–Crippen MR) is 97.3 cm³/mol. The molecule has 3 rings (SSSR count). The fourth-order valence-corrected chi connectivity index (χ4v) is 2.50. The largest absolute Gasteiger partial charge is 0.493 e. The number of H-pyrrole nitrogens is 1. The second-order valence-corrected chi connectivity index (χ2v) is 5.96. The van der Waals surface area contributed by atoms with Crippen molar-refractivity contribution in [1.29, 1.82) is 0 Å². The molecule has 0 saturated heterocycles. The van der Waals surface area contributed by atoms with Crippen molar-refractivity contribution >= 4 is 5.91 Å². The molecule has 1 amide bonds. The molecule has 2 aromatic carbocycles. The van der Waals surface area contributed by atoms with Crippen molar-refractivity contribution in [2.45, 2.75) is 19.9 Å². The second kappa shape index (κ2) is 8.44. The van der Waals surface area contributed by atoms with Gasteiger partial charge in [-0.05, 0) is 48.4 Å². The molecule has 3 aromatic rings. The minimum atomic E-state index is -0.417. The number of halogens is 2. The van der Waals surface area contributed by atoms with Crippen molar-refractivity contribution in [1.82, 2.24) is 15.5 Å². The molecule has 0 aliphatic carbocycles. The lowest BCUT2D eigenvalue weighted by atomic mass is 10.1. The molecule has 0 unspecified atom stereocenters. The molecule has 7 heteroatoms. The van der Waals surface area contributed by atoms with E-state index in [0.29, 0.717) is 23.6 Å². The fraction of sp³-hybridized carbons (Fsp3) is 0.200. The third-order valence-corrected chi connectivity index (χ3v) is 3.87. The molecule has 27 heavy (non-hydrogen) atoms. The molecule has 0 saturated carbocycles. The van der Waals surface area contributed by atoms with Gasteiger partial charge in [-0.25, -0.2) is 8.78 Å². The summed E-state index contributed by atoms with van der Waals surface area (Å²) in [6, 6.07) is 11.6. The van der Waals surface area contributed by atoms with Crippen LogP contribution in [-0.2, 0) is 6.54 Å². The Hall–Kier alpha value is -3.22. The number of ether oxygens (including phenoxy) is 1. The van der Waals surface area contributed by atoms with Gasteiger partial charge in [0.15, 0.2) is 0 Å². The predicted octanol–water partition coefficient (Wildman–Crippen LogP) is 4.07. The van der Waals surface area contributed by atoms with Crippen LogP contribution in [0.15, 0.2) is 48.5 Å². The van der Waals surface area contributed by atoms with Crippen LogP contribution in [0.5, 0.6) is 5.75 Å². The summed E-state index contributed by atoms with van der Waals surface area (Å²) >= 11 is 0. The van der Waals surface area contributed by atoms with E-state index in [0.717, 1.165) is 12.0 Å². The third-order valence-electron chi connectivity index (χ3n) is 3.87. The highest BCUT2D eigenvalue weighted by atomic mass is 19.1. The van der Waals surface area contributed by atoms with E-state index in [-0.39, 0.29) is 24.0 Å². The first-order valence-corrected chi connectivity index (χ1v) is 8.57. The van der Waals surface area contributed by atoms with Gasteiger partial charge < -0.3 is 10.1 Å². The number of nitrogens with one attached hydrogen (secondary N) is 2. The summed E-state index contributed by atoms with van der Waals surface area (Å²) in [5.41, 5.74) is 1.88. The van der Waals surface area contributed by atoms with E-state index in [1.807, 2.05) is 6.92 Å². The summed E-state index contributed by atoms with van der Waals surface area (Å²) in [7, 11) is 0. The lowest BCUT2D eigenvalue weighted by Crippen LogP contribution is -2.23. The number of carbonyl (C=O) groups is 1. The molecule has 0 bridgehead atoms. The van der Waals surface area contributed by atoms with Crippen molar-refractivity contribution in [3.8, 4) is 17.0 Å². The number of aromatic nitrogens is 2. The van der Waals surface area contributed by atoms with Crippen LogP contribution in [-0.4, -0.2) is 22.7 Å². The van der Waals surface area contributed by atoms with Crippen molar-refractivity contribution in [2.75, 3.05) is 6.61 Å². The second-order valence-electron chi connectivity index (χ2n) is 5.96. The van der Waals surface area contributed by atoms with Crippen LogP contribution in [0.1, 0.15) is 29.4 Å². The summed E-state index contributed by atoms with van der Waals surface area (Å²) < 4.78 is 32.2. The number of carbonyl (C=O) groups excluding carboxylic acids is 1. The molecule has 0 aliphatic rings. The molecule has 0 spiro atoms. The van der Waals surface area contributed by atoms with Crippen LogP contribution in [0.3, 0.4) is 0 Å². The van der Waals surface area contributed by atoms with Crippen LogP contribution in [0, 0.1) is 11.6 Å². The number of hydrogen-bond donors (Lipinski definition) is 2. The molecule has 1 heterocycles. The number of benzene rings is 2. The van der Waals surface area contributed by atoms with Gasteiger partial charge >= 0.3 is 0 Å². The summed E-state index contributed by atoms with van der Waals surface area (Å²) in [6.45, 7) is 2.72. The average molecular weight is 371 g/mol. The van der Waals surface area contributed by atoms with E-state index >= 15 is 0 Å². The van der Waals surface area contributed by atoms with Crippen LogP contribution >= 0.6 is 0 Å². The van der Waals surface area contributed by atoms with Gasteiger partial charge in [-0.2, -0.15) is 5.10 Å². The van der Waals surface area contributed by atoms with Crippen molar-refractivity contribution in [2.24, 2.45) is 0 Å². The van der Waals surface area contributed by atoms with Gasteiger partial charge in [0.25, 0.3) is 5.91 Å². The Morgan fingerprint density at radius 1 is 1.11 bits per heavy atom. The zero-order chi connectivity index (χ0) is 19.2. The number of aromatic amines is 1. The molecule has 140 valence electrons. The number of hydrogen-bond acceptors (Lipinski definition) is 3. The first kappa shape index (κ1) is 18.6. The Balaban J connectivity index is 1.73. The quantitative estimate of drug-likeness (QED) is 0.658. The smallest absolute Gasteiger partial charge is 0.269 e. The number of amides is 1. The van der Waals surface area contributed by atoms with Gasteiger partial charge in [0, 0.05) is 12.1 Å². The first-order chi connectivity index (χ1) is 13.1. The molecule has 5 nitrogen and oxygen atoms in total. The number of rotatable bonds is 7. The Kier molecular flexibility index (Phi) is 5.80. The average Bonchev–Trinajstić information content (AvgIpc) is 3.16. The fourth-order valence-electron chi connectivity index (χ4n) is 2.50. The van der Waals surface area contributed by atoms with Crippen LogP contribution in [0.25, 0.3) is 11.3 Å². The topological polar surface area (TPSA) is 67.0 Å². The maximum atomic E-state index is 13.7. The van der Waals surface area contributed by atoms with Gasteiger partial charge in [-0.3, -0.25) is 9.89 Å². The van der Waals surface area contributed by atoms with E-state index in [2.05, 4.69) is 15.5 Å². The van der Waals surface area contributed by atoms with E-state index in [1.165, 1.54) is 30.3 Å². The van der Waals surface area contributed by atoms with E-state index in [1.54, 1.807) is 18.2 Å². The standard InChI is InChI=1S/C20H19F2N3O2/c1-2-9-27-19-8-7-15(22)10-16(19)17-11-18(25-24-17)20(26)23-12-13-3-5-14(21)6-4-13/h3-8,10-11H,2,9,12H2,1H3,(H,23,26)(H,24,25). The van der Waals surface area contributed by atoms with Gasteiger partial charge in [0.1, 0.15) is 23.1 Å². The maximum Gasteiger partial charge on any atom is 0.269 e. The van der Waals surface area contributed by atoms with Gasteiger partial charge in [0.2, 0.25) is 0 Å². The summed E-state index contributed by atoms with van der Waals surface area (Å²) in [4.78, 5) is 12.3. The molecule has 0 radical (unpaired) electrons. The molecule has 1 aromatic heterocycles. The lowest BCUT2D eigenvalue weighted by molar-refractivity contribution is 0.0946. The summed E-state index contributed by atoms with van der Waals surface area (Å²) in [5, 5.41) is 9.48. The van der Waals surface area contributed by atoms with Crippen molar-refractivity contribution in [3.63, 3.8) is 0 Å². The Bertz CT molecular complexity index is 923. The third kappa shape index (κ3) is 4.69. The highest BCUT2D eigenvalue weighted by molar-refractivity contribution is 5.93. The normalized spacial score (nSPS) is 10.6. The molecule has 0 atom stereocenters. The van der Waals surface area contributed by atoms with Crippen LogP contribution < -0.4 is 10.1 Å². The highest BCUT2D eigenvalue weighted by Crippen LogP contribution is 2.30. The SMILES string of the molecule is CCCOc1ccc(F)cc1-c1cc(C(=O)NCc2ccc(F)cc2)[nH]n1. The Morgan fingerprint density at radius 2 is 1.85 bits per heavy atom. The minimum Gasteiger partial charge on any atom is -0.493 e. The van der Waals surface area contributed by atoms with Crippen LogP contribution in [0.2, 0.25) is 0 Å². The lowest BCUT2D eigenvalue weighted by Gasteiger charge is -2.09. The zero-order valence-electron chi connectivity index (χ0n) is 14.8. The van der Waals surface area contributed by atoms with Crippen molar-refractivity contribution in [3.05, 3.63) is 71.4 Å². The van der Waals surface area contributed by atoms with Crippen LogP contribution in [0.4, 0.5) is 8.78 Å². The maximum absolute atomic E-state index is 13.7. The molecule has 0 fully saturated rings. The van der Waals surface area contributed by atoms with Gasteiger partial charge in [-0.15, -0.1) is 0 Å². The molecular formula is C20H19F2N3O2. The minimum absolute atomic E-state index is 0.234. The summed E-state index contributed by atoms with van der Waals surface area (Å²) in [6.07, 6.45) is 0.814. The van der Waals surface area contributed by atoms with E-state index < -0.39 is 5.82 Å². The monoisotopic (exact) mass is 371 g/mol. The highest BCUT2D eigenvalue weighted by Gasteiger charge is 2.15. The van der Waals surface area contributed by atoms with Gasteiger partial charge in [-0.1, -0.05) is 19.1 Å². The van der Waals surface area contributed by atoms with E-state index in [4.69, 9.17) is 4.74 Å². The van der Waals surface area contributed by atoms with E-state index in [9.17, 15) is 13.6 Å². The zero-order valence-corrected chi connectivity index (χ0v) is 14.8. The Morgan fingerprint density at radius 3 is 2.59 bits per heavy atom. The molecular weight excluding hydrogens is 352 g/mol. The summed E-state index contributed by atoms with van der Waals surface area (Å²) in [5.74, 6) is -0.618. The number of nitrogens with zero attached hydrogens (tertiary/aromatic N) is 1. The van der Waals surface area contributed by atoms with Gasteiger partial charge in [0.05, 0.1) is 12.3 Å².